The first kappa shape index (κ1) is 21.1. The van der Waals surface area contributed by atoms with E-state index in [1.54, 1.807) is 29.2 Å². The zero-order chi connectivity index (χ0) is 23.0. The number of amides is 5. The number of aromatic nitrogens is 2. The van der Waals surface area contributed by atoms with Gasteiger partial charge in [-0.05, 0) is 42.9 Å². The molecule has 11 nitrogen and oxygen atoms in total. The first-order valence-corrected chi connectivity index (χ1v) is 11.0. The molecule has 33 heavy (non-hydrogen) atoms. The SMILES string of the molecule is O=C1C[C@@H](C(=O)NC2CN(C(=O)c3cccc(-c4nnco4)c3)CC3(CCC3)C2)NC(=O)N1. The van der Waals surface area contributed by atoms with Crippen molar-refractivity contribution in [3.8, 4) is 11.5 Å². The summed E-state index contributed by atoms with van der Waals surface area (Å²) in [6, 6.07) is 5.17. The summed E-state index contributed by atoms with van der Waals surface area (Å²) in [7, 11) is 0. The first-order valence-electron chi connectivity index (χ1n) is 11.0. The predicted molar refractivity (Wildman–Crippen MR) is 114 cm³/mol. The van der Waals surface area contributed by atoms with Gasteiger partial charge < -0.3 is 20.0 Å². The zero-order valence-corrected chi connectivity index (χ0v) is 17.9. The highest BCUT2D eigenvalue weighted by Gasteiger charge is 2.46. The van der Waals surface area contributed by atoms with Gasteiger partial charge in [-0.1, -0.05) is 12.5 Å². The van der Waals surface area contributed by atoms with Crippen LogP contribution in [-0.2, 0) is 9.59 Å². The number of carbonyl (C=O) groups is 4. The number of piperidine rings is 1. The molecule has 0 radical (unpaired) electrons. The van der Waals surface area contributed by atoms with Crippen LogP contribution in [0.2, 0.25) is 0 Å². The molecule has 2 saturated heterocycles. The highest BCUT2D eigenvalue weighted by atomic mass is 16.4. The Kier molecular flexibility index (Phi) is 5.31. The third kappa shape index (κ3) is 4.30. The molecule has 1 aromatic carbocycles. The maximum Gasteiger partial charge on any atom is 0.322 e. The number of imide groups is 1. The third-order valence-corrected chi connectivity index (χ3v) is 6.68. The van der Waals surface area contributed by atoms with E-state index in [1.807, 2.05) is 0 Å². The van der Waals surface area contributed by atoms with Gasteiger partial charge in [-0.3, -0.25) is 19.7 Å². The molecule has 0 bridgehead atoms. The lowest BCUT2D eigenvalue weighted by atomic mass is 9.63. The lowest BCUT2D eigenvalue weighted by Crippen LogP contribution is -2.62. The Hall–Kier alpha value is -3.76. The summed E-state index contributed by atoms with van der Waals surface area (Å²) < 4.78 is 5.24. The maximum atomic E-state index is 13.4. The first-order chi connectivity index (χ1) is 15.9. The fraction of sp³-hybridized carbons (Fsp3) is 0.455. The third-order valence-electron chi connectivity index (χ3n) is 6.68. The van der Waals surface area contributed by atoms with Crippen LogP contribution in [0.3, 0.4) is 0 Å². The second kappa shape index (κ2) is 8.30. The number of benzene rings is 1. The summed E-state index contributed by atoms with van der Waals surface area (Å²) in [5.74, 6) is -0.698. The lowest BCUT2D eigenvalue weighted by molar-refractivity contribution is -0.130. The summed E-state index contributed by atoms with van der Waals surface area (Å²) in [6.45, 7) is 0.982. The maximum absolute atomic E-state index is 13.4. The average molecular weight is 452 g/mol. The molecule has 1 spiro atoms. The molecule has 1 saturated carbocycles. The molecule has 1 aliphatic carbocycles. The fourth-order valence-corrected chi connectivity index (χ4v) is 5.01. The van der Waals surface area contributed by atoms with Crippen LogP contribution in [0.5, 0.6) is 0 Å². The van der Waals surface area contributed by atoms with Crippen LogP contribution in [0.15, 0.2) is 35.1 Å². The molecule has 3 N–H and O–H groups in total. The largest absolute Gasteiger partial charge is 0.423 e. The van der Waals surface area contributed by atoms with Crippen molar-refractivity contribution in [3.05, 3.63) is 36.2 Å². The van der Waals surface area contributed by atoms with Crippen LogP contribution in [0.1, 0.15) is 42.5 Å². The number of carbonyl (C=O) groups excluding carboxylic acids is 4. The molecule has 11 heteroatoms. The van der Waals surface area contributed by atoms with E-state index < -0.39 is 23.9 Å². The van der Waals surface area contributed by atoms with Crippen LogP contribution in [0, 0.1) is 5.41 Å². The monoisotopic (exact) mass is 452 g/mol. The molecular weight excluding hydrogens is 428 g/mol. The van der Waals surface area contributed by atoms with Crippen molar-refractivity contribution < 1.29 is 23.6 Å². The van der Waals surface area contributed by atoms with Gasteiger partial charge in [0.1, 0.15) is 6.04 Å². The van der Waals surface area contributed by atoms with Gasteiger partial charge in [0, 0.05) is 30.3 Å². The second-order valence-corrected chi connectivity index (χ2v) is 9.05. The van der Waals surface area contributed by atoms with E-state index in [9.17, 15) is 19.2 Å². The van der Waals surface area contributed by atoms with Crippen LogP contribution < -0.4 is 16.0 Å². The van der Waals surface area contributed by atoms with Gasteiger partial charge in [0.2, 0.25) is 24.1 Å². The Balaban J connectivity index is 1.31. The smallest absolute Gasteiger partial charge is 0.322 e. The molecule has 2 atom stereocenters. The van der Waals surface area contributed by atoms with Crippen molar-refractivity contribution in [2.45, 2.75) is 44.2 Å². The lowest BCUT2D eigenvalue weighted by Gasteiger charge is -2.51. The van der Waals surface area contributed by atoms with E-state index in [0.717, 1.165) is 25.7 Å². The van der Waals surface area contributed by atoms with Gasteiger partial charge in [-0.2, -0.15) is 0 Å². The number of rotatable bonds is 4. The van der Waals surface area contributed by atoms with E-state index in [0.29, 0.717) is 30.1 Å². The van der Waals surface area contributed by atoms with Crippen molar-refractivity contribution in [1.29, 1.82) is 0 Å². The molecule has 3 aliphatic rings. The Morgan fingerprint density at radius 1 is 1.24 bits per heavy atom. The van der Waals surface area contributed by atoms with E-state index in [1.165, 1.54) is 6.39 Å². The Morgan fingerprint density at radius 2 is 2.09 bits per heavy atom. The summed E-state index contributed by atoms with van der Waals surface area (Å²) in [5, 5.41) is 15.1. The van der Waals surface area contributed by atoms with Gasteiger partial charge in [0.25, 0.3) is 5.91 Å². The van der Waals surface area contributed by atoms with E-state index in [2.05, 4.69) is 26.1 Å². The van der Waals surface area contributed by atoms with Crippen LogP contribution in [0.25, 0.3) is 11.5 Å². The number of hydrogen-bond donors (Lipinski definition) is 3. The van der Waals surface area contributed by atoms with Crippen molar-refractivity contribution >= 4 is 23.8 Å². The molecule has 172 valence electrons. The number of nitrogens with one attached hydrogen (secondary N) is 3. The van der Waals surface area contributed by atoms with Gasteiger partial charge in [0.15, 0.2) is 0 Å². The molecule has 5 amide bonds. The van der Waals surface area contributed by atoms with Gasteiger partial charge in [0.05, 0.1) is 6.42 Å². The van der Waals surface area contributed by atoms with Crippen molar-refractivity contribution in [1.82, 2.24) is 31.0 Å². The highest BCUT2D eigenvalue weighted by Crippen LogP contribution is 2.47. The minimum Gasteiger partial charge on any atom is -0.423 e. The van der Waals surface area contributed by atoms with Crippen LogP contribution in [-0.4, -0.2) is 64.0 Å². The topological polar surface area (TPSA) is 147 Å². The van der Waals surface area contributed by atoms with E-state index in [4.69, 9.17) is 4.42 Å². The number of nitrogens with zero attached hydrogens (tertiary/aromatic N) is 3. The number of urea groups is 1. The molecule has 3 fully saturated rings. The summed E-state index contributed by atoms with van der Waals surface area (Å²) in [6.07, 6.45) is 4.97. The zero-order valence-electron chi connectivity index (χ0n) is 17.9. The van der Waals surface area contributed by atoms with Crippen molar-refractivity contribution in [2.24, 2.45) is 5.41 Å². The van der Waals surface area contributed by atoms with Crippen LogP contribution >= 0.6 is 0 Å². The van der Waals surface area contributed by atoms with Gasteiger partial charge in [-0.15, -0.1) is 10.2 Å². The predicted octanol–water partition coefficient (Wildman–Crippen LogP) is 0.836. The highest BCUT2D eigenvalue weighted by molar-refractivity contribution is 6.02. The number of hydrogen-bond acceptors (Lipinski definition) is 7. The molecule has 3 heterocycles. The molecule has 1 aromatic heterocycles. The summed E-state index contributed by atoms with van der Waals surface area (Å²) in [4.78, 5) is 51.1. The molecular formula is C22H24N6O5. The minimum absolute atomic E-state index is 0.0247. The van der Waals surface area contributed by atoms with Crippen molar-refractivity contribution in [2.75, 3.05) is 13.1 Å². The molecule has 2 aliphatic heterocycles. The van der Waals surface area contributed by atoms with Crippen LogP contribution in [0.4, 0.5) is 4.79 Å². The van der Waals surface area contributed by atoms with E-state index >= 15 is 0 Å². The average Bonchev–Trinajstić information content (AvgIpc) is 3.32. The normalized spacial score (nSPS) is 23.9. The fourth-order valence-electron chi connectivity index (χ4n) is 5.01. The van der Waals surface area contributed by atoms with Gasteiger partial charge in [-0.25, -0.2) is 4.79 Å². The Morgan fingerprint density at radius 3 is 2.79 bits per heavy atom. The standard InChI is InChI=1S/C22H24N6O5/c29-17-8-16(25-21(32)26-17)18(30)24-15-9-22(5-2-6-22)11-28(10-15)20(31)14-4-1-3-13(7-14)19-27-23-12-33-19/h1,3-4,7,12,15-16H,2,5-6,8-11H2,(H,24,30)(H2,25,26,29,32)/t15?,16-/m0/s1. The Labute approximate surface area is 189 Å². The molecule has 2 aromatic rings. The Bertz CT molecular complexity index is 1080. The number of likely N-dealkylation sites (tertiary alicyclic amines) is 1. The summed E-state index contributed by atoms with van der Waals surface area (Å²) >= 11 is 0. The molecule has 1 unspecified atom stereocenters. The van der Waals surface area contributed by atoms with E-state index in [-0.39, 0.29) is 23.8 Å². The van der Waals surface area contributed by atoms with Gasteiger partial charge >= 0.3 is 6.03 Å². The quantitative estimate of drug-likeness (QED) is 0.623. The molecule has 5 rings (SSSR count). The minimum atomic E-state index is -0.916. The summed E-state index contributed by atoms with van der Waals surface area (Å²) in [5.41, 5.74) is 1.14. The van der Waals surface area contributed by atoms with Crippen molar-refractivity contribution in [3.63, 3.8) is 0 Å². The second-order valence-electron chi connectivity index (χ2n) is 9.05.